The van der Waals surface area contributed by atoms with Crippen LogP contribution < -0.4 is 15.5 Å². The lowest BCUT2D eigenvalue weighted by Gasteiger charge is -2.46. The Morgan fingerprint density at radius 3 is 2.71 bits per heavy atom. The molecule has 1 heterocycles. The number of fused-ring (bicyclic) bond motifs is 3. The summed E-state index contributed by atoms with van der Waals surface area (Å²) in [6.07, 6.45) is 9.71. The number of hydrogen-bond acceptors (Lipinski definition) is 5. The number of nitrogens with one attached hydrogen (secondary N) is 1. The van der Waals surface area contributed by atoms with Crippen LogP contribution in [0.4, 0.5) is 0 Å². The standard InChI is InChI=1S/C29H35NO5/c1-17-14-25(31)28(33)29(35-17)24(18-10-12-21(34-2)13-11-18)16-26(32)30-27-20-7-5-9-23(27)22-8-4-3-6-19(22)15-20/h10-14,20,23-24,27,33H,3-9,15-16H2,1-2H3,(H,30,32)/t20?,23?,24?,27-/m0/s1. The second-order valence-corrected chi connectivity index (χ2v) is 10.4. The normalized spacial score (nSPS) is 24.5. The second kappa shape index (κ2) is 9.92. The number of amides is 1. The van der Waals surface area contributed by atoms with Crippen molar-refractivity contribution in [1.29, 1.82) is 0 Å². The molecular weight excluding hydrogens is 442 g/mol. The maximum atomic E-state index is 13.5. The van der Waals surface area contributed by atoms with Crippen LogP contribution in [0.2, 0.25) is 0 Å². The molecule has 1 saturated carbocycles. The van der Waals surface area contributed by atoms with E-state index in [0.717, 1.165) is 24.8 Å². The number of aryl methyl sites for hydroxylation is 1. The zero-order chi connectivity index (χ0) is 24.5. The number of hydrogen-bond donors (Lipinski definition) is 2. The fourth-order valence-electron chi connectivity index (χ4n) is 6.60. The van der Waals surface area contributed by atoms with E-state index < -0.39 is 17.1 Å². The first-order valence-electron chi connectivity index (χ1n) is 12.9. The van der Waals surface area contributed by atoms with Gasteiger partial charge >= 0.3 is 0 Å². The van der Waals surface area contributed by atoms with Crippen molar-refractivity contribution in [2.24, 2.45) is 11.8 Å². The molecule has 1 amide bonds. The van der Waals surface area contributed by atoms with Crippen LogP contribution in [0, 0.1) is 18.8 Å². The van der Waals surface area contributed by atoms with Crippen molar-refractivity contribution >= 4 is 5.91 Å². The predicted octanol–water partition coefficient (Wildman–Crippen LogP) is 5.36. The van der Waals surface area contributed by atoms with Gasteiger partial charge in [-0.05, 0) is 75.5 Å². The molecule has 0 saturated heterocycles. The number of allylic oxidation sites excluding steroid dienone is 1. The molecule has 3 aliphatic carbocycles. The zero-order valence-electron chi connectivity index (χ0n) is 20.6. The van der Waals surface area contributed by atoms with E-state index >= 15 is 0 Å². The van der Waals surface area contributed by atoms with E-state index in [1.807, 2.05) is 24.3 Å². The number of methoxy groups -OCH3 is 1. The summed E-state index contributed by atoms with van der Waals surface area (Å²) in [6.45, 7) is 1.67. The maximum absolute atomic E-state index is 13.5. The van der Waals surface area contributed by atoms with Gasteiger partial charge < -0.3 is 19.6 Å². The number of rotatable bonds is 6. The van der Waals surface area contributed by atoms with Crippen LogP contribution in [0.15, 0.2) is 50.7 Å². The fourth-order valence-corrected chi connectivity index (χ4v) is 6.60. The lowest BCUT2D eigenvalue weighted by atomic mass is 9.63. The molecule has 1 aromatic heterocycles. The number of aromatic hydroxyl groups is 1. The molecule has 3 unspecified atom stereocenters. The van der Waals surface area contributed by atoms with Crippen molar-refractivity contribution in [1.82, 2.24) is 5.32 Å². The third-order valence-electron chi connectivity index (χ3n) is 8.24. The summed E-state index contributed by atoms with van der Waals surface area (Å²) in [7, 11) is 1.60. The first kappa shape index (κ1) is 23.7. The van der Waals surface area contributed by atoms with Crippen LogP contribution in [-0.4, -0.2) is 24.2 Å². The Kier molecular flexibility index (Phi) is 6.72. The minimum Gasteiger partial charge on any atom is -0.502 e. The molecule has 0 spiro atoms. The van der Waals surface area contributed by atoms with E-state index in [2.05, 4.69) is 5.32 Å². The Morgan fingerprint density at radius 2 is 1.94 bits per heavy atom. The summed E-state index contributed by atoms with van der Waals surface area (Å²) in [5.41, 5.74) is 3.57. The van der Waals surface area contributed by atoms with Crippen molar-refractivity contribution in [2.45, 2.75) is 76.7 Å². The summed E-state index contributed by atoms with van der Waals surface area (Å²) < 4.78 is 11.1. The second-order valence-electron chi connectivity index (χ2n) is 10.4. The van der Waals surface area contributed by atoms with Gasteiger partial charge in [-0.3, -0.25) is 9.59 Å². The fraction of sp³-hybridized carbons (Fsp3) is 0.517. The number of carbonyl (C=O) groups excluding carboxylic acids is 1. The third kappa shape index (κ3) is 4.75. The first-order valence-corrected chi connectivity index (χ1v) is 12.9. The minimum atomic E-state index is -0.582. The Hall–Kier alpha value is -3.02. The molecule has 5 rings (SSSR count). The average molecular weight is 478 g/mol. The van der Waals surface area contributed by atoms with Gasteiger partial charge in [0.2, 0.25) is 17.1 Å². The van der Waals surface area contributed by atoms with Crippen LogP contribution in [0.5, 0.6) is 11.5 Å². The molecule has 2 aromatic rings. The monoisotopic (exact) mass is 477 g/mol. The maximum Gasteiger partial charge on any atom is 0.227 e. The summed E-state index contributed by atoms with van der Waals surface area (Å²) in [4.78, 5) is 25.8. The number of benzene rings is 1. The van der Waals surface area contributed by atoms with E-state index in [9.17, 15) is 14.7 Å². The van der Waals surface area contributed by atoms with Crippen LogP contribution in [0.1, 0.15) is 80.8 Å². The molecule has 3 aliphatic rings. The largest absolute Gasteiger partial charge is 0.502 e. The number of carbonyl (C=O) groups is 1. The molecule has 2 bridgehead atoms. The Morgan fingerprint density at radius 1 is 1.17 bits per heavy atom. The molecule has 0 radical (unpaired) electrons. The van der Waals surface area contributed by atoms with Gasteiger partial charge in [-0.1, -0.05) is 29.7 Å². The summed E-state index contributed by atoms with van der Waals surface area (Å²) in [6, 6.07) is 8.77. The molecule has 1 fully saturated rings. The van der Waals surface area contributed by atoms with Gasteiger partial charge in [0.05, 0.1) is 13.0 Å². The molecule has 0 aliphatic heterocycles. The minimum absolute atomic E-state index is 0.0730. The lowest BCUT2D eigenvalue weighted by Crippen LogP contribution is -2.51. The average Bonchev–Trinajstić information content (AvgIpc) is 2.85. The van der Waals surface area contributed by atoms with E-state index in [1.165, 1.54) is 38.2 Å². The SMILES string of the molecule is COc1ccc(C(CC(=O)N[C@H]2C3CCCC2C2=C(CCCC2)C3)c2oc(C)cc(=O)c2O)cc1. The van der Waals surface area contributed by atoms with E-state index in [0.29, 0.717) is 23.3 Å². The van der Waals surface area contributed by atoms with Crippen LogP contribution in [-0.2, 0) is 4.79 Å². The molecule has 1 aromatic carbocycles. The summed E-state index contributed by atoms with van der Waals surface area (Å²) in [5.74, 6) is 1.09. The first-order chi connectivity index (χ1) is 16.9. The van der Waals surface area contributed by atoms with Gasteiger partial charge in [0, 0.05) is 24.4 Å². The van der Waals surface area contributed by atoms with Gasteiger partial charge in [0.15, 0.2) is 5.76 Å². The third-order valence-corrected chi connectivity index (χ3v) is 8.24. The predicted molar refractivity (Wildman–Crippen MR) is 134 cm³/mol. The van der Waals surface area contributed by atoms with Crippen LogP contribution in [0.3, 0.4) is 0 Å². The molecular formula is C29H35NO5. The Labute approximate surface area is 206 Å². The molecule has 6 nitrogen and oxygen atoms in total. The number of ether oxygens (including phenoxy) is 1. The quantitative estimate of drug-likeness (QED) is 0.547. The highest BCUT2D eigenvalue weighted by Crippen LogP contribution is 2.48. The Balaban J connectivity index is 1.42. The van der Waals surface area contributed by atoms with Crippen molar-refractivity contribution in [2.75, 3.05) is 7.11 Å². The molecule has 2 N–H and O–H groups in total. The van der Waals surface area contributed by atoms with Crippen molar-refractivity contribution in [3.8, 4) is 11.5 Å². The van der Waals surface area contributed by atoms with Gasteiger partial charge in [-0.2, -0.15) is 0 Å². The summed E-state index contributed by atoms with van der Waals surface area (Å²) >= 11 is 0. The highest BCUT2D eigenvalue weighted by Gasteiger charge is 2.42. The van der Waals surface area contributed by atoms with Crippen molar-refractivity contribution in [3.63, 3.8) is 0 Å². The van der Waals surface area contributed by atoms with Gasteiger partial charge in [-0.15, -0.1) is 0 Å². The van der Waals surface area contributed by atoms with Gasteiger partial charge in [-0.25, -0.2) is 0 Å². The Bertz CT molecular complexity index is 1180. The smallest absolute Gasteiger partial charge is 0.227 e. The van der Waals surface area contributed by atoms with E-state index in [1.54, 1.807) is 25.2 Å². The lowest BCUT2D eigenvalue weighted by molar-refractivity contribution is -0.123. The van der Waals surface area contributed by atoms with Crippen LogP contribution in [0.25, 0.3) is 0 Å². The molecule has 186 valence electrons. The van der Waals surface area contributed by atoms with Gasteiger partial charge in [0.25, 0.3) is 0 Å². The summed E-state index contributed by atoms with van der Waals surface area (Å²) in [5, 5.41) is 14.0. The molecule has 6 heteroatoms. The van der Waals surface area contributed by atoms with Crippen molar-refractivity contribution < 1.29 is 19.1 Å². The zero-order valence-corrected chi connectivity index (χ0v) is 20.6. The highest BCUT2D eigenvalue weighted by atomic mass is 16.5. The topological polar surface area (TPSA) is 88.8 Å². The van der Waals surface area contributed by atoms with Crippen molar-refractivity contribution in [3.05, 3.63) is 68.8 Å². The molecule has 35 heavy (non-hydrogen) atoms. The molecule has 4 atom stereocenters. The van der Waals surface area contributed by atoms with Crippen LogP contribution >= 0.6 is 0 Å². The van der Waals surface area contributed by atoms with Gasteiger partial charge in [0.1, 0.15) is 11.5 Å². The van der Waals surface area contributed by atoms with E-state index in [4.69, 9.17) is 9.15 Å². The highest BCUT2D eigenvalue weighted by molar-refractivity contribution is 5.78. The van der Waals surface area contributed by atoms with E-state index in [-0.39, 0.29) is 24.1 Å².